The third-order valence-electron chi connectivity index (χ3n) is 2.18. The minimum atomic E-state index is -0.460. The van der Waals surface area contributed by atoms with Crippen molar-refractivity contribution in [2.45, 2.75) is 6.92 Å². The summed E-state index contributed by atoms with van der Waals surface area (Å²) in [5.41, 5.74) is 0.299. The first-order valence-corrected chi connectivity index (χ1v) is 6.07. The number of hydrogen-bond donors (Lipinski definition) is 0. The van der Waals surface area contributed by atoms with Gasteiger partial charge in [-0.2, -0.15) is 0 Å². The third-order valence-corrected chi connectivity index (χ3v) is 2.73. The van der Waals surface area contributed by atoms with Gasteiger partial charge >= 0.3 is 5.97 Å². The summed E-state index contributed by atoms with van der Waals surface area (Å²) >= 11 is 11.7. The zero-order chi connectivity index (χ0) is 13.7. The Bertz CT molecular complexity index is 463. The van der Waals surface area contributed by atoms with Crippen LogP contribution in [-0.2, 0) is 9.53 Å². The Kier molecular flexibility index (Phi) is 5.44. The molecule has 0 bridgehead atoms. The van der Waals surface area contributed by atoms with Gasteiger partial charge in [0.1, 0.15) is 6.54 Å². The van der Waals surface area contributed by atoms with E-state index in [2.05, 4.69) is 0 Å². The normalized spacial score (nSPS) is 10.0. The van der Waals surface area contributed by atoms with Gasteiger partial charge in [-0.3, -0.25) is 9.59 Å². The molecule has 4 nitrogen and oxygen atoms in total. The van der Waals surface area contributed by atoms with Gasteiger partial charge in [0.15, 0.2) is 0 Å². The maximum Gasteiger partial charge on any atom is 0.325 e. The van der Waals surface area contributed by atoms with Crippen LogP contribution in [0.1, 0.15) is 17.3 Å². The molecule has 0 unspecified atom stereocenters. The molecular formula is C12H13Cl2NO3. The maximum atomic E-state index is 12.0. The molecule has 0 atom stereocenters. The lowest BCUT2D eigenvalue weighted by atomic mass is 10.2. The van der Waals surface area contributed by atoms with E-state index >= 15 is 0 Å². The number of carbonyl (C=O) groups is 2. The first-order chi connectivity index (χ1) is 8.45. The number of benzene rings is 1. The summed E-state index contributed by atoms with van der Waals surface area (Å²) < 4.78 is 4.76. The lowest BCUT2D eigenvalue weighted by Gasteiger charge is -2.16. The van der Waals surface area contributed by atoms with E-state index in [-0.39, 0.29) is 24.1 Å². The van der Waals surface area contributed by atoms with Crippen LogP contribution >= 0.6 is 23.2 Å². The zero-order valence-electron chi connectivity index (χ0n) is 10.1. The second-order valence-electron chi connectivity index (χ2n) is 3.59. The van der Waals surface area contributed by atoms with E-state index in [1.54, 1.807) is 13.0 Å². The van der Waals surface area contributed by atoms with Crippen molar-refractivity contribution in [1.82, 2.24) is 4.90 Å². The molecule has 0 saturated carbocycles. The van der Waals surface area contributed by atoms with Crippen molar-refractivity contribution in [1.29, 1.82) is 0 Å². The molecule has 0 aromatic heterocycles. The number of carbonyl (C=O) groups excluding carboxylic acids is 2. The van der Waals surface area contributed by atoms with Gasteiger partial charge in [0, 0.05) is 12.1 Å². The standard InChI is InChI=1S/C12H13Cl2NO3/c1-3-18-11(16)7-15(2)12(17)9-5-4-8(13)6-10(9)14/h4-6H,3,7H2,1-2H3. The monoisotopic (exact) mass is 289 g/mol. The number of likely N-dealkylation sites (N-methyl/N-ethyl adjacent to an activating group) is 1. The number of ether oxygens (including phenoxy) is 1. The van der Waals surface area contributed by atoms with Crippen molar-refractivity contribution in [2.75, 3.05) is 20.2 Å². The highest BCUT2D eigenvalue weighted by molar-refractivity contribution is 6.36. The second kappa shape index (κ2) is 6.61. The molecule has 0 saturated heterocycles. The number of halogens is 2. The predicted molar refractivity (Wildman–Crippen MR) is 70.1 cm³/mol. The Balaban J connectivity index is 2.77. The second-order valence-corrected chi connectivity index (χ2v) is 4.43. The third kappa shape index (κ3) is 3.89. The lowest BCUT2D eigenvalue weighted by molar-refractivity contribution is -0.143. The van der Waals surface area contributed by atoms with Crippen LogP contribution < -0.4 is 0 Å². The molecule has 1 rings (SSSR count). The molecule has 0 fully saturated rings. The Morgan fingerprint density at radius 3 is 2.56 bits per heavy atom. The first-order valence-electron chi connectivity index (χ1n) is 5.31. The number of nitrogens with zero attached hydrogens (tertiary/aromatic N) is 1. The van der Waals surface area contributed by atoms with Gasteiger partial charge in [0.25, 0.3) is 5.91 Å². The van der Waals surface area contributed by atoms with Gasteiger partial charge in [0.05, 0.1) is 17.2 Å². The minimum Gasteiger partial charge on any atom is -0.465 e. The molecule has 0 N–H and O–H groups in total. The molecule has 0 aliphatic heterocycles. The van der Waals surface area contributed by atoms with Crippen molar-refractivity contribution < 1.29 is 14.3 Å². The van der Waals surface area contributed by atoms with Crippen LogP contribution in [0.4, 0.5) is 0 Å². The summed E-state index contributed by atoms with van der Waals surface area (Å²) in [7, 11) is 1.50. The number of hydrogen-bond acceptors (Lipinski definition) is 3. The van der Waals surface area contributed by atoms with Gasteiger partial charge in [-0.05, 0) is 25.1 Å². The highest BCUT2D eigenvalue weighted by Crippen LogP contribution is 2.21. The Hall–Kier alpha value is -1.26. The molecule has 0 spiro atoms. The first kappa shape index (κ1) is 14.8. The summed E-state index contributed by atoms with van der Waals surface area (Å²) in [5.74, 6) is -0.817. The van der Waals surface area contributed by atoms with E-state index < -0.39 is 5.97 Å². The van der Waals surface area contributed by atoms with E-state index in [4.69, 9.17) is 27.9 Å². The van der Waals surface area contributed by atoms with Crippen molar-refractivity contribution in [2.24, 2.45) is 0 Å². The topological polar surface area (TPSA) is 46.6 Å². The van der Waals surface area contributed by atoms with E-state index in [0.29, 0.717) is 10.6 Å². The van der Waals surface area contributed by atoms with Crippen LogP contribution in [0.3, 0.4) is 0 Å². The molecule has 0 radical (unpaired) electrons. The molecule has 18 heavy (non-hydrogen) atoms. The summed E-state index contributed by atoms with van der Waals surface area (Å²) in [6.45, 7) is 1.87. The fourth-order valence-corrected chi connectivity index (χ4v) is 1.83. The van der Waals surface area contributed by atoms with Crippen LogP contribution in [0.25, 0.3) is 0 Å². The highest BCUT2D eigenvalue weighted by atomic mass is 35.5. The van der Waals surface area contributed by atoms with E-state index in [1.807, 2.05) is 0 Å². The smallest absolute Gasteiger partial charge is 0.325 e. The van der Waals surface area contributed by atoms with Gasteiger partial charge in [0.2, 0.25) is 0 Å². The van der Waals surface area contributed by atoms with Crippen molar-refractivity contribution in [3.8, 4) is 0 Å². The molecular weight excluding hydrogens is 277 g/mol. The van der Waals surface area contributed by atoms with Crippen LogP contribution in [0, 0.1) is 0 Å². The number of amides is 1. The van der Waals surface area contributed by atoms with Crippen LogP contribution in [0.2, 0.25) is 10.0 Å². The van der Waals surface area contributed by atoms with E-state index in [1.165, 1.54) is 24.1 Å². The quantitative estimate of drug-likeness (QED) is 0.801. The Labute approximate surface area is 115 Å². The maximum absolute atomic E-state index is 12.0. The van der Waals surface area contributed by atoms with Crippen molar-refractivity contribution in [3.63, 3.8) is 0 Å². The van der Waals surface area contributed by atoms with Crippen LogP contribution in [-0.4, -0.2) is 37.0 Å². The molecule has 6 heteroatoms. The fourth-order valence-electron chi connectivity index (χ4n) is 1.34. The molecule has 0 aliphatic rings. The Morgan fingerprint density at radius 2 is 2.00 bits per heavy atom. The number of rotatable bonds is 4. The van der Waals surface area contributed by atoms with E-state index in [9.17, 15) is 9.59 Å². The fraction of sp³-hybridized carbons (Fsp3) is 0.333. The van der Waals surface area contributed by atoms with E-state index in [0.717, 1.165) is 0 Å². The average molecular weight is 290 g/mol. The van der Waals surface area contributed by atoms with Gasteiger partial charge in [-0.15, -0.1) is 0 Å². The largest absolute Gasteiger partial charge is 0.465 e. The SMILES string of the molecule is CCOC(=O)CN(C)C(=O)c1ccc(Cl)cc1Cl. The zero-order valence-corrected chi connectivity index (χ0v) is 11.6. The number of esters is 1. The Morgan fingerprint density at radius 1 is 1.33 bits per heavy atom. The molecule has 0 heterocycles. The highest BCUT2D eigenvalue weighted by Gasteiger charge is 2.18. The summed E-state index contributed by atoms with van der Waals surface area (Å²) in [6, 6.07) is 4.57. The van der Waals surface area contributed by atoms with Gasteiger partial charge in [-0.1, -0.05) is 23.2 Å². The molecule has 0 aliphatic carbocycles. The summed E-state index contributed by atoms with van der Waals surface area (Å²) in [5, 5.41) is 0.702. The molecule has 1 aromatic carbocycles. The summed E-state index contributed by atoms with van der Waals surface area (Å²) in [6.07, 6.45) is 0. The minimum absolute atomic E-state index is 0.119. The predicted octanol–water partition coefficient (Wildman–Crippen LogP) is 2.63. The molecule has 1 aromatic rings. The van der Waals surface area contributed by atoms with Crippen LogP contribution in [0.15, 0.2) is 18.2 Å². The average Bonchev–Trinajstić information content (AvgIpc) is 2.28. The lowest BCUT2D eigenvalue weighted by Crippen LogP contribution is -2.33. The van der Waals surface area contributed by atoms with Gasteiger partial charge in [-0.25, -0.2) is 0 Å². The van der Waals surface area contributed by atoms with Gasteiger partial charge < -0.3 is 9.64 Å². The van der Waals surface area contributed by atoms with Crippen molar-refractivity contribution in [3.05, 3.63) is 33.8 Å². The van der Waals surface area contributed by atoms with Crippen LogP contribution in [0.5, 0.6) is 0 Å². The molecule has 98 valence electrons. The van der Waals surface area contributed by atoms with Crippen molar-refractivity contribution >= 4 is 35.1 Å². The molecule has 1 amide bonds. The summed E-state index contributed by atoms with van der Waals surface area (Å²) in [4.78, 5) is 24.5.